The van der Waals surface area contributed by atoms with Crippen molar-refractivity contribution in [2.75, 3.05) is 32.1 Å². The minimum atomic E-state index is -0.0138. The second kappa shape index (κ2) is 7.28. The number of carbonyl (C=O) groups excluding carboxylic acids is 1. The summed E-state index contributed by atoms with van der Waals surface area (Å²) in [5.41, 5.74) is 2.00. The zero-order valence-corrected chi connectivity index (χ0v) is 16.4. The van der Waals surface area contributed by atoms with Crippen LogP contribution in [0.4, 0.5) is 5.13 Å². The molecule has 1 fully saturated rings. The number of ether oxygens (including phenoxy) is 1. The Bertz CT molecular complexity index is 915. The average molecular weight is 389 g/mol. The molecule has 0 saturated carbocycles. The van der Waals surface area contributed by atoms with E-state index < -0.39 is 0 Å². The summed E-state index contributed by atoms with van der Waals surface area (Å²) in [5, 5.41) is 13.0. The number of carbonyl (C=O) groups is 1. The minimum Gasteiger partial charge on any atom is -0.383 e. The van der Waals surface area contributed by atoms with Crippen molar-refractivity contribution in [2.45, 2.75) is 19.4 Å². The highest BCUT2D eigenvalue weighted by molar-refractivity contribution is 7.20. The van der Waals surface area contributed by atoms with Crippen LogP contribution in [0.1, 0.15) is 23.7 Å². The van der Waals surface area contributed by atoms with Crippen LogP contribution in [0, 0.1) is 12.8 Å². The van der Waals surface area contributed by atoms with Gasteiger partial charge in [-0.1, -0.05) is 11.3 Å². The van der Waals surface area contributed by atoms with Crippen molar-refractivity contribution < 1.29 is 9.53 Å². The Kier molecular flexibility index (Phi) is 4.83. The number of nitrogens with one attached hydrogen (secondary N) is 1. The third kappa shape index (κ3) is 3.54. The monoisotopic (exact) mass is 389 g/mol. The van der Waals surface area contributed by atoms with Gasteiger partial charge < -0.3 is 15.0 Å². The lowest BCUT2D eigenvalue weighted by molar-refractivity contribution is -0.129. The summed E-state index contributed by atoms with van der Waals surface area (Å²) in [7, 11) is 3.54. The number of hydrogen-bond donors (Lipinski definition) is 1. The predicted molar refractivity (Wildman–Crippen MR) is 102 cm³/mol. The molecule has 1 aliphatic heterocycles. The number of likely N-dealkylation sites (tertiary alicyclic amines) is 1. The minimum absolute atomic E-state index is 0.0138. The van der Waals surface area contributed by atoms with E-state index in [2.05, 4.69) is 20.5 Å². The number of aryl methyl sites for hydroxylation is 2. The normalized spacial score (nSPS) is 20.1. The summed E-state index contributed by atoms with van der Waals surface area (Å²) >= 11 is 1.51. The highest BCUT2D eigenvalue weighted by Gasteiger charge is 2.40. The first-order valence-electron chi connectivity index (χ1n) is 8.89. The smallest absolute Gasteiger partial charge is 0.223 e. The largest absolute Gasteiger partial charge is 0.383 e. The molecule has 3 aromatic rings. The van der Waals surface area contributed by atoms with E-state index in [-0.39, 0.29) is 17.9 Å². The maximum absolute atomic E-state index is 12.6. The van der Waals surface area contributed by atoms with Crippen LogP contribution < -0.4 is 5.32 Å². The van der Waals surface area contributed by atoms with Crippen LogP contribution in [-0.4, -0.2) is 62.0 Å². The zero-order chi connectivity index (χ0) is 19.0. The van der Waals surface area contributed by atoms with E-state index in [0.29, 0.717) is 26.1 Å². The highest BCUT2D eigenvalue weighted by atomic mass is 32.1. The average Bonchev–Trinajstić information content (AvgIpc) is 3.34. The molecule has 144 valence electrons. The molecule has 4 heterocycles. The Hall–Kier alpha value is -2.46. The van der Waals surface area contributed by atoms with Crippen molar-refractivity contribution in [1.29, 1.82) is 0 Å². The summed E-state index contributed by atoms with van der Waals surface area (Å²) in [5.74, 6) is 0.286. The van der Waals surface area contributed by atoms with Crippen molar-refractivity contribution in [1.82, 2.24) is 29.3 Å². The summed E-state index contributed by atoms with van der Waals surface area (Å²) in [6, 6.07) is -0.0138. The maximum atomic E-state index is 12.6. The maximum Gasteiger partial charge on any atom is 0.223 e. The third-order valence-electron chi connectivity index (χ3n) is 4.82. The molecule has 1 aliphatic rings. The molecule has 0 aromatic carbocycles. The number of nitrogens with zero attached hydrogens (tertiary/aromatic N) is 6. The first-order valence-corrected chi connectivity index (χ1v) is 9.70. The fraction of sp³-hybridized carbons (Fsp3) is 0.529. The van der Waals surface area contributed by atoms with Crippen LogP contribution in [0.2, 0.25) is 0 Å². The van der Waals surface area contributed by atoms with Crippen LogP contribution in [0.5, 0.6) is 0 Å². The molecule has 0 aliphatic carbocycles. The number of hydrogen-bond acceptors (Lipinski definition) is 7. The van der Waals surface area contributed by atoms with E-state index in [1.165, 1.54) is 11.3 Å². The molecule has 10 heteroatoms. The van der Waals surface area contributed by atoms with Crippen LogP contribution >= 0.6 is 11.3 Å². The topological polar surface area (TPSA) is 89.6 Å². The van der Waals surface area contributed by atoms with Crippen LogP contribution in [0.25, 0.3) is 4.96 Å². The van der Waals surface area contributed by atoms with Gasteiger partial charge in [0.15, 0.2) is 0 Å². The Labute approximate surface area is 160 Å². The van der Waals surface area contributed by atoms with Crippen LogP contribution in [0.3, 0.4) is 0 Å². The van der Waals surface area contributed by atoms with E-state index in [1.54, 1.807) is 16.3 Å². The van der Waals surface area contributed by atoms with Gasteiger partial charge in [-0.2, -0.15) is 5.10 Å². The van der Waals surface area contributed by atoms with E-state index in [1.807, 2.05) is 37.5 Å². The van der Waals surface area contributed by atoms with Crippen LogP contribution in [0.15, 0.2) is 18.6 Å². The molecule has 0 radical (unpaired) electrons. The number of amides is 1. The predicted octanol–water partition coefficient (Wildman–Crippen LogP) is 1.48. The quantitative estimate of drug-likeness (QED) is 0.658. The van der Waals surface area contributed by atoms with E-state index in [4.69, 9.17) is 4.74 Å². The molecule has 0 spiro atoms. The number of imidazole rings is 1. The van der Waals surface area contributed by atoms with Gasteiger partial charge in [0.2, 0.25) is 16.0 Å². The molecule has 4 rings (SSSR count). The molecule has 27 heavy (non-hydrogen) atoms. The molecule has 1 amide bonds. The molecule has 0 bridgehead atoms. The van der Waals surface area contributed by atoms with Gasteiger partial charge in [0.1, 0.15) is 0 Å². The van der Waals surface area contributed by atoms with Gasteiger partial charge in [0.05, 0.1) is 30.7 Å². The Morgan fingerprint density at radius 1 is 1.41 bits per heavy atom. The molecule has 3 aromatic heterocycles. The lowest BCUT2D eigenvalue weighted by Gasteiger charge is -2.27. The van der Waals surface area contributed by atoms with Gasteiger partial charge in [-0.3, -0.25) is 9.48 Å². The first kappa shape index (κ1) is 17.9. The summed E-state index contributed by atoms with van der Waals surface area (Å²) in [4.78, 5) is 19.8. The number of aromatic nitrogens is 5. The van der Waals surface area contributed by atoms with Crippen molar-refractivity contribution in [3.05, 3.63) is 29.8 Å². The van der Waals surface area contributed by atoms with Gasteiger partial charge in [0, 0.05) is 51.3 Å². The summed E-state index contributed by atoms with van der Waals surface area (Å²) in [6.45, 7) is 3.71. The van der Waals surface area contributed by atoms with Gasteiger partial charge in [-0.25, -0.2) is 9.50 Å². The second-order valence-corrected chi connectivity index (χ2v) is 7.79. The van der Waals surface area contributed by atoms with Gasteiger partial charge in [-0.15, -0.1) is 5.10 Å². The zero-order valence-electron chi connectivity index (χ0n) is 15.6. The van der Waals surface area contributed by atoms with E-state index in [9.17, 15) is 4.79 Å². The lowest BCUT2D eigenvalue weighted by Crippen LogP contribution is -2.33. The molecule has 9 nitrogen and oxygen atoms in total. The third-order valence-corrected chi connectivity index (χ3v) is 5.70. The van der Waals surface area contributed by atoms with Gasteiger partial charge in [-0.05, 0) is 6.92 Å². The molecular formula is C17H23N7O2S. The number of anilines is 1. The van der Waals surface area contributed by atoms with Gasteiger partial charge in [0.25, 0.3) is 0 Å². The van der Waals surface area contributed by atoms with Crippen molar-refractivity contribution >= 4 is 27.3 Å². The molecular weight excluding hydrogens is 366 g/mol. The molecule has 0 unspecified atom stereocenters. The van der Waals surface area contributed by atoms with Crippen molar-refractivity contribution in [3.8, 4) is 0 Å². The summed E-state index contributed by atoms with van der Waals surface area (Å²) < 4.78 is 8.75. The molecule has 2 atom stereocenters. The van der Waals surface area contributed by atoms with E-state index >= 15 is 0 Å². The second-order valence-electron chi connectivity index (χ2n) is 6.83. The fourth-order valence-corrected chi connectivity index (χ4v) is 4.48. The number of rotatable bonds is 7. The first-order chi connectivity index (χ1) is 13.0. The Balaban J connectivity index is 1.51. The lowest BCUT2D eigenvalue weighted by atomic mass is 9.95. The molecule has 1 saturated heterocycles. The van der Waals surface area contributed by atoms with Gasteiger partial charge >= 0.3 is 0 Å². The molecule has 1 N–H and O–H groups in total. The van der Waals surface area contributed by atoms with Crippen LogP contribution in [-0.2, 0) is 16.6 Å². The van der Waals surface area contributed by atoms with Crippen molar-refractivity contribution in [3.63, 3.8) is 0 Å². The fourth-order valence-electron chi connectivity index (χ4n) is 3.64. The Morgan fingerprint density at radius 2 is 2.26 bits per heavy atom. The SMILES string of the molecule is COCCN1C(=O)C[C@@H](CNc2nn3cc(C)nc3s2)[C@@H]1c1cnn(C)c1. The van der Waals surface area contributed by atoms with Crippen molar-refractivity contribution in [2.24, 2.45) is 13.0 Å². The number of methoxy groups -OCH3 is 1. The standard InChI is InChI=1S/C17H23N7O2S/c1-11-9-24-17(20-11)27-16(21-24)18-7-12-6-14(25)23(4-5-26-3)15(12)13-8-19-22(2)10-13/h8-10,12,15H,4-7H2,1-3H3,(H,18,21)/t12-,15+/m0/s1. The number of fused-ring (bicyclic) bond motifs is 1. The highest BCUT2D eigenvalue weighted by Crippen LogP contribution is 2.38. The summed E-state index contributed by atoms with van der Waals surface area (Å²) in [6.07, 6.45) is 6.23. The van der Waals surface area contributed by atoms with E-state index in [0.717, 1.165) is 21.3 Å². The Morgan fingerprint density at radius 3 is 2.96 bits per heavy atom.